The molecular formula is C11H10N4O3S. The van der Waals surface area contributed by atoms with E-state index in [1.807, 2.05) is 6.07 Å². The van der Waals surface area contributed by atoms with Gasteiger partial charge in [-0.15, -0.1) is 5.10 Å². The van der Waals surface area contributed by atoms with Crippen LogP contribution in [0.25, 0.3) is 0 Å². The third-order valence-electron chi connectivity index (χ3n) is 2.18. The Kier molecular flexibility index (Phi) is 4.24. The van der Waals surface area contributed by atoms with E-state index in [2.05, 4.69) is 20.5 Å². The van der Waals surface area contributed by atoms with Gasteiger partial charge in [-0.1, -0.05) is 17.8 Å². The minimum Gasteiger partial charge on any atom is -0.481 e. The van der Waals surface area contributed by atoms with Crippen molar-refractivity contribution in [1.29, 1.82) is 0 Å². The molecule has 0 spiro atoms. The predicted molar refractivity (Wildman–Crippen MR) is 71.0 cm³/mol. The number of amides is 1. The standard InChI is InChI=1S/C11H10N4O3S/c16-9(17)4-8-10(18)14-11(19-8)15-13-6-7-2-1-3-12-5-7/h1-3,5-6,8H,4H2,(H,16,17)(H,14,15,18)/t8-/m1/s1. The fraction of sp³-hybridized carbons (Fsp3) is 0.182. The lowest BCUT2D eigenvalue weighted by molar-refractivity contribution is -0.138. The molecule has 0 saturated carbocycles. The van der Waals surface area contributed by atoms with E-state index in [0.29, 0.717) is 5.17 Å². The van der Waals surface area contributed by atoms with Crippen molar-refractivity contribution in [2.75, 3.05) is 0 Å². The largest absolute Gasteiger partial charge is 0.481 e. The molecule has 2 N–H and O–H groups in total. The van der Waals surface area contributed by atoms with Gasteiger partial charge in [0.05, 0.1) is 12.6 Å². The van der Waals surface area contributed by atoms with Gasteiger partial charge in [-0.05, 0) is 6.07 Å². The van der Waals surface area contributed by atoms with Crippen molar-refractivity contribution in [3.05, 3.63) is 30.1 Å². The molecule has 0 aromatic carbocycles. The van der Waals surface area contributed by atoms with Gasteiger partial charge in [0, 0.05) is 18.0 Å². The number of aliphatic carboxylic acids is 1. The summed E-state index contributed by atoms with van der Waals surface area (Å²) in [5.41, 5.74) is 0.781. The second-order valence-electron chi connectivity index (χ2n) is 3.63. The van der Waals surface area contributed by atoms with E-state index in [0.717, 1.165) is 17.3 Å². The maximum atomic E-state index is 11.4. The molecule has 7 nitrogen and oxygen atoms in total. The van der Waals surface area contributed by atoms with Crippen molar-refractivity contribution < 1.29 is 14.7 Å². The third kappa shape index (κ3) is 3.88. The minimum atomic E-state index is -1.02. The second kappa shape index (κ2) is 6.10. The quantitative estimate of drug-likeness (QED) is 0.615. The molecule has 0 unspecified atom stereocenters. The normalized spacial score (nSPS) is 20.9. The first-order chi connectivity index (χ1) is 9.15. The summed E-state index contributed by atoms with van der Waals surface area (Å²) in [7, 11) is 0. The molecular weight excluding hydrogens is 268 g/mol. The summed E-state index contributed by atoms with van der Waals surface area (Å²) in [6.45, 7) is 0. The number of nitrogens with zero attached hydrogens (tertiary/aromatic N) is 3. The van der Waals surface area contributed by atoms with Gasteiger partial charge >= 0.3 is 5.97 Å². The maximum Gasteiger partial charge on any atom is 0.305 e. The van der Waals surface area contributed by atoms with Crippen molar-refractivity contribution in [2.45, 2.75) is 11.7 Å². The van der Waals surface area contributed by atoms with Crippen molar-refractivity contribution in [1.82, 2.24) is 10.3 Å². The molecule has 98 valence electrons. The van der Waals surface area contributed by atoms with E-state index >= 15 is 0 Å². The first-order valence-corrected chi connectivity index (χ1v) is 6.23. The summed E-state index contributed by atoms with van der Waals surface area (Å²) in [6.07, 6.45) is 4.53. The molecule has 0 bridgehead atoms. The SMILES string of the molecule is O=C(O)C[C@H]1S/C(=N\N=Cc2cccnc2)NC1=O. The van der Waals surface area contributed by atoms with Crippen molar-refractivity contribution in [3.8, 4) is 0 Å². The predicted octanol–water partition coefficient (Wildman–Crippen LogP) is 0.478. The highest BCUT2D eigenvalue weighted by Gasteiger charge is 2.32. The zero-order valence-corrected chi connectivity index (χ0v) is 10.5. The lowest BCUT2D eigenvalue weighted by Gasteiger charge is -1.97. The van der Waals surface area contributed by atoms with Gasteiger partial charge < -0.3 is 10.4 Å². The van der Waals surface area contributed by atoms with E-state index in [4.69, 9.17) is 5.11 Å². The van der Waals surface area contributed by atoms with E-state index in [1.165, 1.54) is 6.21 Å². The Morgan fingerprint density at radius 2 is 2.47 bits per heavy atom. The van der Waals surface area contributed by atoms with Crippen LogP contribution in [0, 0.1) is 0 Å². The van der Waals surface area contributed by atoms with Crippen LogP contribution < -0.4 is 5.32 Å². The first kappa shape index (κ1) is 13.2. The van der Waals surface area contributed by atoms with Crippen LogP contribution in [0.2, 0.25) is 0 Å². The van der Waals surface area contributed by atoms with Gasteiger partial charge in [-0.25, -0.2) is 0 Å². The average molecular weight is 278 g/mol. The lowest BCUT2D eigenvalue weighted by Crippen LogP contribution is -2.26. The van der Waals surface area contributed by atoms with E-state index in [-0.39, 0.29) is 12.3 Å². The Hall–Kier alpha value is -2.22. The molecule has 1 amide bonds. The summed E-state index contributed by atoms with van der Waals surface area (Å²) in [4.78, 5) is 25.9. The van der Waals surface area contributed by atoms with Crippen molar-refractivity contribution in [2.24, 2.45) is 10.2 Å². The summed E-state index contributed by atoms with van der Waals surface area (Å²) in [6, 6.07) is 3.58. The molecule has 8 heteroatoms. The molecule has 19 heavy (non-hydrogen) atoms. The Bertz CT molecular complexity index is 544. The van der Waals surface area contributed by atoms with Gasteiger partial charge in [0.25, 0.3) is 0 Å². The van der Waals surface area contributed by atoms with Crippen molar-refractivity contribution >= 4 is 35.0 Å². The summed E-state index contributed by atoms with van der Waals surface area (Å²) in [5, 5.41) is 18.4. The van der Waals surface area contributed by atoms with Gasteiger partial charge in [-0.2, -0.15) is 5.10 Å². The number of hydrogen-bond donors (Lipinski definition) is 2. The fourth-order valence-electron chi connectivity index (χ4n) is 1.35. The average Bonchev–Trinajstić information content (AvgIpc) is 2.70. The van der Waals surface area contributed by atoms with E-state index < -0.39 is 11.2 Å². The number of carboxylic acid groups (broad SMARTS) is 1. The number of thioether (sulfide) groups is 1. The molecule has 1 saturated heterocycles. The lowest BCUT2D eigenvalue weighted by atomic mass is 10.3. The Morgan fingerprint density at radius 1 is 1.63 bits per heavy atom. The summed E-state index contributed by atoms with van der Waals surface area (Å²) >= 11 is 1.06. The number of carbonyl (C=O) groups is 2. The molecule has 0 radical (unpaired) electrons. The first-order valence-electron chi connectivity index (χ1n) is 5.35. The summed E-state index contributed by atoms with van der Waals surface area (Å²) in [5.74, 6) is -1.38. The highest BCUT2D eigenvalue weighted by Crippen LogP contribution is 2.22. The number of nitrogens with one attached hydrogen (secondary N) is 1. The highest BCUT2D eigenvalue weighted by molar-refractivity contribution is 8.15. The topological polar surface area (TPSA) is 104 Å². The van der Waals surface area contributed by atoms with Gasteiger partial charge in [0.15, 0.2) is 5.17 Å². The van der Waals surface area contributed by atoms with Gasteiger partial charge in [-0.3, -0.25) is 14.6 Å². The number of carboxylic acids is 1. The van der Waals surface area contributed by atoms with Crippen LogP contribution >= 0.6 is 11.8 Å². The van der Waals surface area contributed by atoms with Crippen LogP contribution in [0.3, 0.4) is 0 Å². The van der Waals surface area contributed by atoms with Gasteiger partial charge in [0.1, 0.15) is 5.25 Å². The number of hydrogen-bond acceptors (Lipinski definition) is 6. The Labute approximate surface area is 112 Å². The Balaban J connectivity index is 1.96. The smallest absolute Gasteiger partial charge is 0.305 e. The minimum absolute atomic E-state index is 0.234. The number of rotatable bonds is 4. The monoisotopic (exact) mass is 278 g/mol. The molecule has 1 aromatic rings. The zero-order chi connectivity index (χ0) is 13.7. The number of amidine groups is 1. The van der Waals surface area contributed by atoms with Crippen LogP contribution in [0.15, 0.2) is 34.7 Å². The maximum absolute atomic E-state index is 11.4. The van der Waals surface area contributed by atoms with Crippen molar-refractivity contribution in [3.63, 3.8) is 0 Å². The van der Waals surface area contributed by atoms with Crippen LogP contribution in [0.1, 0.15) is 12.0 Å². The molecule has 2 rings (SSSR count). The zero-order valence-electron chi connectivity index (χ0n) is 9.68. The molecule has 1 aromatic heterocycles. The van der Waals surface area contributed by atoms with Crippen LogP contribution in [-0.4, -0.2) is 38.6 Å². The van der Waals surface area contributed by atoms with Gasteiger partial charge in [0.2, 0.25) is 5.91 Å². The third-order valence-corrected chi connectivity index (χ3v) is 3.25. The Morgan fingerprint density at radius 3 is 3.16 bits per heavy atom. The number of pyridine rings is 1. The van der Waals surface area contributed by atoms with Crippen LogP contribution in [0.5, 0.6) is 0 Å². The summed E-state index contributed by atoms with van der Waals surface area (Å²) < 4.78 is 0. The van der Waals surface area contributed by atoms with E-state index in [1.54, 1.807) is 18.5 Å². The number of aromatic nitrogens is 1. The molecule has 2 heterocycles. The molecule has 1 aliphatic rings. The highest BCUT2D eigenvalue weighted by atomic mass is 32.2. The fourth-order valence-corrected chi connectivity index (χ4v) is 2.26. The van der Waals surface area contributed by atoms with E-state index in [9.17, 15) is 9.59 Å². The number of carbonyl (C=O) groups excluding carboxylic acids is 1. The molecule has 1 atom stereocenters. The molecule has 1 fully saturated rings. The van der Waals surface area contributed by atoms with Crippen LogP contribution in [-0.2, 0) is 9.59 Å². The molecule has 0 aliphatic carbocycles. The van der Waals surface area contributed by atoms with Crippen LogP contribution in [0.4, 0.5) is 0 Å². The second-order valence-corrected chi connectivity index (χ2v) is 4.82. The molecule has 1 aliphatic heterocycles.